The van der Waals surface area contributed by atoms with Crippen molar-refractivity contribution in [1.29, 1.82) is 0 Å². The fraction of sp³-hybridized carbons (Fsp3) is 0.500. The zero-order valence-corrected chi connectivity index (χ0v) is 16.7. The van der Waals surface area contributed by atoms with Crippen molar-refractivity contribution in [2.24, 2.45) is 5.92 Å². The molecule has 0 unspecified atom stereocenters. The number of thioether (sulfide) groups is 1. The Hall–Kier alpha value is -1.95. The molecule has 0 atom stereocenters. The molecule has 26 heavy (non-hydrogen) atoms. The van der Waals surface area contributed by atoms with Crippen LogP contribution in [0.5, 0.6) is 11.5 Å². The van der Waals surface area contributed by atoms with E-state index in [4.69, 9.17) is 14.5 Å². The van der Waals surface area contributed by atoms with Crippen LogP contribution in [0.1, 0.15) is 25.3 Å². The molecule has 1 amide bonds. The van der Waals surface area contributed by atoms with E-state index >= 15 is 0 Å². The highest BCUT2D eigenvalue weighted by Gasteiger charge is 2.20. The molecule has 1 aromatic heterocycles. The standard InChI is InChI=1S/C20H26N2O3S/c1-13-5-7-22(8-6-13)19(23)12-26-20-14(2)9-15-10-17(24-3)18(25-4)11-16(15)21-20/h9-11,13H,5-8,12H2,1-4H3. The van der Waals surface area contributed by atoms with Gasteiger partial charge in [-0.15, -0.1) is 0 Å². The number of amides is 1. The predicted octanol–water partition coefficient (Wildman–Crippen LogP) is 3.91. The van der Waals surface area contributed by atoms with Crippen LogP contribution in [0, 0.1) is 12.8 Å². The molecule has 3 rings (SSSR count). The number of aromatic nitrogens is 1. The molecule has 2 aromatic rings. The SMILES string of the molecule is COc1cc2cc(C)c(SCC(=O)N3CCC(C)CC3)nc2cc1OC. The number of nitrogens with zero attached hydrogens (tertiary/aromatic N) is 2. The number of likely N-dealkylation sites (tertiary alicyclic amines) is 1. The third kappa shape index (κ3) is 4.06. The monoisotopic (exact) mass is 374 g/mol. The van der Waals surface area contributed by atoms with Crippen molar-refractivity contribution in [3.05, 3.63) is 23.8 Å². The summed E-state index contributed by atoms with van der Waals surface area (Å²) in [6, 6.07) is 5.90. The quantitative estimate of drug-likeness (QED) is 0.743. The van der Waals surface area contributed by atoms with Crippen LogP contribution in [0.3, 0.4) is 0 Å². The molecule has 6 heteroatoms. The second-order valence-corrected chi connectivity index (χ2v) is 7.83. The molecule has 1 aliphatic heterocycles. The van der Waals surface area contributed by atoms with E-state index in [2.05, 4.69) is 13.0 Å². The van der Waals surface area contributed by atoms with Gasteiger partial charge in [-0.05, 0) is 43.4 Å². The summed E-state index contributed by atoms with van der Waals surface area (Å²) in [5.41, 5.74) is 1.91. The van der Waals surface area contributed by atoms with Crippen molar-refractivity contribution in [2.45, 2.75) is 31.7 Å². The first kappa shape index (κ1) is 18.8. The Kier molecular flexibility index (Phi) is 5.91. The maximum Gasteiger partial charge on any atom is 0.232 e. The lowest BCUT2D eigenvalue weighted by Crippen LogP contribution is -2.38. The number of fused-ring (bicyclic) bond motifs is 1. The summed E-state index contributed by atoms with van der Waals surface area (Å²) < 4.78 is 10.7. The highest BCUT2D eigenvalue weighted by Crippen LogP contribution is 2.33. The normalized spacial score (nSPS) is 15.3. The van der Waals surface area contributed by atoms with Crippen molar-refractivity contribution in [1.82, 2.24) is 9.88 Å². The fourth-order valence-electron chi connectivity index (χ4n) is 3.21. The van der Waals surface area contributed by atoms with E-state index in [0.717, 1.165) is 53.3 Å². The summed E-state index contributed by atoms with van der Waals surface area (Å²) in [7, 11) is 3.24. The van der Waals surface area contributed by atoms with Gasteiger partial charge in [0.1, 0.15) is 5.03 Å². The molecule has 2 heterocycles. The van der Waals surface area contributed by atoms with Gasteiger partial charge in [0.05, 0.1) is 25.5 Å². The van der Waals surface area contributed by atoms with Gasteiger partial charge < -0.3 is 14.4 Å². The number of carbonyl (C=O) groups is 1. The minimum Gasteiger partial charge on any atom is -0.493 e. The third-order valence-electron chi connectivity index (χ3n) is 4.93. The number of rotatable bonds is 5. The first-order valence-corrected chi connectivity index (χ1v) is 9.94. The lowest BCUT2D eigenvalue weighted by molar-refractivity contribution is -0.129. The van der Waals surface area contributed by atoms with E-state index in [9.17, 15) is 4.79 Å². The highest BCUT2D eigenvalue weighted by atomic mass is 32.2. The van der Waals surface area contributed by atoms with E-state index in [1.807, 2.05) is 24.0 Å². The minimum absolute atomic E-state index is 0.204. The van der Waals surface area contributed by atoms with Crippen LogP contribution in [0.15, 0.2) is 23.2 Å². The molecular weight excluding hydrogens is 348 g/mol. The topological polar surface area (TPSA) is 51.7 Å². The summed E-state index contributed by atoms with van der Waals surface area (Å²) in [6.45, 7) is 6.03. The Morgan fingerprint density at radius 1 is 1.19 bits per heavy atom. The lowest BCUT2D eigenvalue weighted by Gasteiger charge is -2.30. The number of benzene rings is 1. The van der Waals surface area contributed by atoms with Gasteiger partial charge >= 0.3 is 0 Å². The van der Waals surface area contributed by atoms with Gasteiger partial charge in [-0.25, -0.2) is 4.98 Å². The van der Waals surface area contributed by atoms with Crippen LogP contribution in [0.4, 0.5) is 0 Å². The largest absolute Gasteiger partial charge is 0.493 e. The predicted molar refractivity (Wildman–Crippen MR) is 105 cm³/mol. The average Bonchev–Trinajstić information content (AvgIpc) is 2.65. The third-order valence-corrected chi connectivity index (χ3v) is 6.01. The fourth-order valence-corrected chi connectivity index (χ4v) is 4.11. The Bertz CT molecular complexity index is 801. The summed E-state index contributed by atoms with van der Waals surface area (Å²) in [5, 5.41) is 1.89. The molecule has 1 aromatic carbocycles. The van der Waals surface area contributed by atoms with E-state index in [-0.39, 0.29) is 5.91 Å². The molecule has 0 bridgehead atoms. The number of hydrogen-bond acceptors (Lipinski definition) is 5. The summed E-state index contributed by atoms with van der Waals surface area (Å²) in [6.07, 6.45) is 2.20. The van der Waals surface area contributed by atoms with E-state index in [0.29, 0.717) is 17.3 Å². The van der Waals surface area contributed by atoms with Crippen molar-refractivity contribution in [3.8, 4) is 11.5 Å². The van der Waals surface area contributed by atoms with Gasteiger partial charge in [-0.3, -0.25) is 4.79 Å². The molecule has 0 radical (unpaired) electrons. The van der Waals surface area contributed by atoms with Gasteiger partial charge in [0, 0.05) is 24.5 Å². The Morgan fingerprint density at radius 3 is 2.50 bits per heavy atom. The van der Waals surface area contributed by atoms with Gasteiger partial charge in [-0.1, -0.05) is 18.7 Å². The molecule has 0 saturated carbocycles. The van der Waals surface area contributed by atoms with Crippen LogP contribution < -0.4 is 9.47 Å². The number of piperidine rings is 1. The van der Waals surface area contributed by atoms with Crippen LogP contribution >= 0.6 is 11.8 Å². The molecule has 1 saturated heterocycles. The maximum absolute atomic E-state index is 12.5. The average molecular weight is 375 g/mol. The molecule has 1 fully saturated rings. The van der Waals surface area contributed by atoms with Crippen molar-refractivity contribution in [3.63, 3.8) is 0 Å². The minimum atomic E-state index is 0.204. The van der Waals surface area contributed by atoms with Gasteiger partial charge in [0.2, 0.25) is 5.91 Å². The Labute approximate surface area is 159 Å². The number of hydrogen-bond donors (Lipinski definition) is 0. The second-order valence-electron chi connectivity index (χ2n) is 6.86. The van der Waals surface area contributed by atoms with E-state index in [1.165, 1.54) is 11.8 Å². The van der Waals surface area contributed by atoms with Crippen molar-refractivity contribution in [2.75, 3.05) is 33.1 Å². The molecule has 140 valence electrons. The summed E-state index contributed by atoms with van der Waals surface area (Å²) in [4.78, 5) is 19.2. The second kappa shape index (κ2) is 8.16. The van der Waals surface area contributed by atoms with E-state index in [1.54, 1.807) is 14.2 Å². The summed E-state index contributed by atoms with van der Waals surface area (Å²) >= 11 is 1.51. The summed E-state index contributed by atoms with van der Waals surface area (Å²) in [5.74, 6) is 2.71. The smallest absolute Gasteiger partial charge is 0.232 e. The zero-order chi connectivity index (χ0) is 18.7. The number of pyridine rings is 1. The van der Waals surface area contributed by atoms with Crippen molar-refractivity contribution < 1.29 is 14.3 Å². The highest BCUT2D eigenvalue weighted by molar-refractivity contribution is 7.99. The number of ether oxygens (including phenoxy) is 2. The zero-order valence-electron chi connectivity index (χ0n) is 15.9. The molecule has 0 spiro atoms. The van der Waals surface area contributed by atoms with Crippen LogP contribution in [-0.4, -0.2) is 48.9 Å². The Morgan fingerprint density at radius 2 is 1.85 bits per heavy atom. The molecule has 0 aliphatic carbocycles. The number of aryl methyl sites for hydroxylation is 1. The molecule has 5 nitrogen and oxygen atoms in total. The van der Waals surface area contributed by atoms with Crippen molar-refractivity contribution >= 4 is 28.6 Å². The number of carbonyl (C=O) groups excluding carboxylic acids is 1. The van der Waals surface area contributed by atoms with Crippen LogP contribution in [0.2, 0.25) is 0 Å². The van der Waals surface area contributed by atoms with Gasteiger partial charge in [0.15, 0.2) is 11.5 Å². The number of methoxy groups -OCH3 is 2. The first-order valence-electron chi connectivity index (χ1n) is 8.95. The van der Waals surface area contributed by atoms with E-state index < -0.39 is 0 Å². The first-order chi connectivity index (χ1) is 12.5. The van der Waals surface area contributed by atoms with Gasteiger partial charge in [-0.2, -0.15) is 0 Å². The lowest BCUT2D eigenvalue weighted by atomic mass is 9.99. The molecular formula is C20H26N2O3S. The maximum atomic E-state index is 12.5. The van der Waals surface area contributed by atoms with Crippen LogP contribution in [0.25, 0.3) is 10.9 Å². The Balaban J connectivity index is 1.75. The molecule has 1 aliphatic rings. The van der Waals surface area contributed by atoms with Crippen LogP contribution in [-0.2, 0) is 4.79 Å². The molecule has 0 N–H and O–H groups in total. The van der Waals surface area contributed by atoms with Gasteiger partial charge in [0.25, 0.3) is 0 Å².